The summed E-state index contributed by atoms with van der Waals surface area (Å²) >= 11 is 0. The monoisotopic (exact) mass is 714 g/mol. The molecular formula is C51H30N4O. The number of rotatable bonds is 4. The topological polar surface area (TPSA) is 56.7 Å². The zero-order valence-corrected chi connectivity index (χ0v) is 30.0. The lowest BCUT2D eigenvalue weighted by molar-refractivity contribution is 0.669. The van der Waals surface area contributed by atoms with Crippen LogP contribution in [0.15, 0.2) is 186 Å². The zero-order valence-electron chi connectivity index (χ0n) is 30.0. The van der Waals surface area contributed by atoms with Gasteiger partial charge < -0.3 is 4.42 Å². The average Bonchev–Trinajstić information content (AvgIpc) is 3.81. The Kier molecular flexibility index (Phi) is 6.56. The van der Waals surface area contributed by atoms with Crippen LogP contribution in [-0.4, -0.2) is 19.5 Å². The predicted molar refractivity (Wildman–Crippen MR) is 230 cm³/mol. The van der Waals surface area contributed by atoms with E-state index in [9.17, 15) is 0 Å². The van der Waals surface area contributed by atoms with E-state index in [1.165, 1.54) is 11.1 Å². The SMILES string of the molecule is c1ccc(-c2ccc3cc(-c4nc(-c5cccc6oc7cc8ccccc8cc7c56)nc(-n5c6ccccc6c6ccc7ccccc7c65)n4)ccc3c2)cc1. The van der Waals surface area contributed by atoms with Gasteiger partial charge in [-0.3, -0.25) is 4.57 Å². The number of benzene rings is 9. The van der Waals surface area contributed by atoms with Crippen molar-refractivity contribution in [3.05, 3.63) is 182 Å². The highest BCUT2D eigenvalue weighted by atomic mass is 16.3. The van der Waals surface area contributed by atoms with Gasteiger partial charge in [-0.25, -0.2) is 4.98 Å². The third-order valence-corrected chi connectivity index (χ3v) is 11.2. The second-order valence-corrected chi connectivity index (χ2v) is 14.4. The van der Waals surface area contributed by atoms with Crippen molar-refractivity contribution in [3.8, 4) is 39.9 Å². The molecule has 0 saturated carbocycles. The quantitative estimate of drug-likeness (QED) is 0.182. The third-order valence-electron chi connectivity index (χ3n) is 11.2. The second-order valence-electron chi connectivity index (χ2n) is 14.4. The molecule has 0 bridgehead atoms. The fourth-order valence-electron chi connectivity index (χ4n) is 8.55. The summed E-state index contributed by atoms with van der Waals surface area (Å²) in [4.78, 5) is 16.0. The van der Waals surface area contributed by atoms with Crippen LogP contribution >= 0.6 is 0 Å². The number of furan rings is 1. The van der Waals surface area contributed by atoms with Gasteiger partial charge in [-0.05, 0) is 74.5 Å². The molecule has 12 rings (SSSR count). The lowest BCUT2D eigenvalue weighted by atomic mass is 10.00. The van der Waals surface area contributed by atoms with Gasteiger partial charge in [-0.2, -0.15) is 9.97 Å². The van der Waals surface area contributed by atoms with E-state index in [1.807, 2.05) is 18.2 Å². The molecule has 0 atom stereocenters. The molecule has 12 aromatic rings. The van der Waals surface area contributed by atoms with Crippen LogP contribution in [0.25, 0.3) is 116 Å². The van der Waals surface area contributed by atoms with Gasteiger partial charge in [0.25, 0.3) is 0 Å². The van der Waals surface area contributed by atoms with E-state index in [4.69, 9.17) is 19.4 Å². The molecule has 260 valence electrons. The Bertz CT molecular complexity index is 3540. The first-order chi connectivity index (χ1) is 27.7. The van der Waals surface area contributed by atoms with E-state index in [1.54, 1.807) is 0 Å². The van der Waals surface area contributed by atoms with Gasteiger partial charge >= 0.3 is 0 Å². The molecule has 0 aliphatic carbocycles. The number of nitrogens with zero attached hydrogens (tertiary/aromatic N) is 4. The number of fused-ring (bicyclic) bond motifs is 10. The van der Waals surface area contributed by atoms with Crippen LogP contribution in [0.3, 0.4) is 0 Å². The molecular weight excluding hydrogens is 685 g/mol. The van der Waals surface area contributed by atoms with E-state index in [-0.39, 0.29) is 0 Å². The van der Waals surface area contributed by atoms with E-state index >= 15 is 0 Å². The van der Waals surface area contributed by atoms with Crippen LogP contribution in [0.1, 0.15) is 0 Å². The number of hydrogen-bond donors (Lipinski definition) is 0. The first-order valence-electron chi connectivity index (χ1n) is 18.8. The van der Waals surface area contributed by atoms with Crippen LogP contribution in [0.4, 0.5) is 0 Å². The lowest BCUT2D eigenvalue weighted by Gasteiger charge is -2.13. The van der Waals surface area contributed by atoms with Gasteiger partial charge in [-0.1, -0.05) is 146 Å². The molecule has 0 saturated heterocycles. The molecule has 0 aliphatic heterocycles. The van der Waals surface area contributed by atoms with Gasteiger partial charge in [0, 0.05) is 38.1 Å². The van der Waals surface area contributed by atoms with E-state index in [0.717, 1.165) is 87.2 Å². The van der Waals surface area contributed by atoms with E-state index in [2.05, 4.69) is 168 Å². The second kappa shape index (κ2) is 11.9. The highest BCUT2D eigenvalue weighted by Gasteiger charge is 2.22. The summed E-state index contributed by atoms with van der Waals surface area (Å²) in [6.45, 7) is 0. The Morgan fingerprint density at radius 3 is 1.89 bits per heavy atom. The summed E-state index contributed by atoms with van der Waals surface area (Å²) < 4.78 is 8.74. The number of hydrogen-bond acceptors (Lipinski definition) is 4. The van der Waals surface area contributed by atoms with Crippen molar-refractivity contribution in [2.24, 2.45) is 0 Å². The smallest absolute Gasteiger partial charge is 0.238 e. The molecule has 0 aliphatic rings. The van der Waals surface area contributed by atoms with Crippen LogP contribution in [0, 0.1) is 0 Å². The van der Waals surface area contributed by atoms with Crippen LogP contribution in [-0.2, 0) is 0 Å². The van der Waals surface area contributed by atoms with Crippen molar-refractivity contribution in [2.45, 2.75) is 0 Å². The first-order valence-corrected chi connectivity index (χ1v) is 18.8. The Morgan fingerprint density at radius 2 is 1.04 bits per heavy atom. The lowest BCUT2D eigenvalue weighted by Crippen LogP contribution is -2.06. The van der Waals surface area contributed by atoms with Gasteiger partial charge in [-0.15, -0.1) is 0 Å². The van der Waals surface area contributed by atoms with E-state index in [0.29, 0.717) is 17.6 Å². The van der Waals surface area contributed by atoms with Gasteiger partial charge in [0.15, 0.2) is 11.6 Å². The van der Waals surface area contributed by atoms with Crippen molar-refractivity contribution in [1.29, 1.82) is 0 Å². The Morgan fingerprint density at radius 1 is 0.375 bits per heavy atom. The number of aromatic nitrogens is 4. The van der Waals surface area contributed by atoms with Crippen LogP contribution < -0.4 is 0 Å². The standard InChI is InChI=1S/C51H30N4O/c1-2-11-31(12-3-1)35-21-22-37-28-38(24-23-36(37)27-35)49-52-50(42-18-10-20-45-47(42)43-29-33-14-4-5-15-34(33)30-46(43)56-45)54-51(53-49)55-44-19-9-8-17-40(44)41-26-25-32-13-6-7-16-39(32)48(41)55/h1-30H. The Labute approximate surface area is 320 Å². The molecule has 0 amide bonds. The molecule has 56 heavy (non-hydrogen) atoms. The zero-order chi connectivity index (χ0) is 36.7. The summed E-state index contributed by atoms with van der Waals surface area (Å²) in [7, 11) is 0. The third kappa shape index (κ3) is 4.71. The summed E-state index contributed by atoms with van der Waals surface area (Å²) in [6.07, 6.45) is 0. The summed E-state index contributed by atoms with van der Waals surface area (Å²) in [6, 6.07) is 63.9. The summed E-state index contributed by atoms with van der Waals surface area (Å²) in [5.74, 6) is 1.74. The normalized spacial score (nSPS) is 11.9. The van der Waals surface area contributed by atoms with Crippen LogP contribution in [0.2, 0.25) is 0 Å². The predicted octanol–water partition coefficient (Wildman–Crippen LogP) is 13.3. The highest BCUT2D eigenvalue weighted by Crippen LogP contribution is 2.40. The molecule has 0 spiro atoms. The van der Waals surface area contributed by atoms with Gasteiger partial charge in [0.1, 0.15) is 11.2 Å². The summed E-state index contributed by atoms with van der Waals surface area (Å²) in [5, 5.41) is 11.2. The molecule has 0 unspecified atom stereocenters. The maximum atomic E-state index is 6.52. The van der Waals surface area contributed by atoms with Crippen molar-refractivity contribution in [2.75, 3.05) is 0 Å². The maximum Gasteiger partial charge on any atom is 0.238 e. The minimum Gasteiger partial charge on any atom is -0.456 e. The minimum absolute atomic E-state index is 0.558. The molecule has 3 heterocycles. The first kappa shape index (κ1) is 30.8. The van der Waals surface area contributed by atoms with Crippen molar-refractivity contribution >= 4 is 76.1 Å². The largest absolute Gasteiger partial charge is 0.456 e. The minimum atomic E-state index is 0.558. The molecule has 0 radical (unpaired) electrons. The van der Waals surface area contributed by atoms with E-state index < -0.39 is 0 Å². The molecule has 5 heteroatoms. The van der Waals surface area contributed by atoms with Gasteiger partial charge in [0.2, 0.25) is 5.95 Å². The summed E-state index contributed by atoms with van der Waals surface area (Å²) in [5.41, 5.74) is 7.90. The average molecular weight is 715 g/mol. The molecule has 3 aromatic heterocycles. The molecule has 5 nitrogen and oxygen atoms in total. The fraction of sp³-hybridized carbons (Fsp3) is 0. The van der Waals surface area contributed by atoms with Crippen molar-refractivity contribution in [3.63, 3.8) is 0 Å². The number of para-hydroxylation sites is 1. The molecule has 0 fully saturated rings. The van der Waals surface area contributed by atoms with Crippen molar-refractivity contribution < 1.29 is 4.42 Å². The maximum absolute atomic E-state index is 6.52. The molecule has 0 N–H and O–H groups in total. The van der Waals surface area contributed by atoms with Gasteiger partial charge in [0.05, 0.1) is 11.0 Å². The highest BCUT2D eigenvalue weighted by molar-refractivity contribution is 6.19. The van der Waals surface area contributed by atoms with Crippen LogP contribution in [0.5, 0.6) is 0 Å². The van der Waals surface area contributed by atoms with Crippen molar-refractivity contribution in [1.82, 2.24) is 19.5 Å². The molecule has 9 aromatic carbocycles. The Balaban J connectivity index is 1.14. The Hall–Kier alpha value is -7.63. The fourth-order valence-corrected chi connectivity index (χ4v) is 8.55.